The van der Waals surface area contributed by atoms with Crippen molar-refractivity contribution in [2.24, 2.45) is 0 Å². The van der Waals surface area contributed by atoms with E-state index in [0.29, 0.717) is 26.1 Å². The van der Waals surface area contributed by atoms with E-state index in [-0.39, 0.29) is 19.6 Å². The molecule has 3 amide bonds. The molecule has 0 aliphatic rings. The number of Topliss-reactive ketones (excluding diaryl/α,β-unsaturated/α-hetero) is 1. The summed E-state index contributed by atoms with van der Waals surface area (Å²) in [5, 5.41) is 20.9. The van der Waals surface area contributed by atoms with Gasteiger partial charge in [-0.25, -0.2) is 4.98 Å². The molecular weight excluding hydrogens is 707 g/mol. The molecule has 4 rings (SSSR count). The summed E-state index contributed by atoms with van der Waals surface area (Å²) in [6, 6.07) is 22.0. The highest BCUT2D eigenvalue weighted by molar-refractivity contribution is 7.74. The molecule has 0 fully saturated rings. The molecule has 4 N–H and O–H groups in total. The second kappa shape index (κ2) is 18.8. The maximum atomic E-state index is 14.4. The van der Waals surface area contributed by atoms with Crippen molar-refractivity contribution in [3.63, 3.8) is 0 Å². The molecule has 0 spiro atoms. The molecule has 0 saturated carbocycles. The summed E-state index contributed by atoms with van der Waals surface area (Å²) in [6.07, 6.45) is 1.37. The maximum absolute atomic E-state index is 14.4. The van der Waals surface area contributed by atoms with E-state index in [1.54, 1.807) is 97.9 Å². The number of nitrogens with zero attached hydrogens (tertiary/aromatic N) is 1. The quantitative estimate of drug-likeness (QED) is 0.104. The van der Waals surface area contributed by atoms with Crippen LogP contribution in [0.25, 0.3) is 0 Å². The van der Waals surface area contributed by atoms with Gasteiger partial charge in [0.2, 0.25) is 11.8 Å². The van der Waals surface area contributed by atoms with Crippen LogP contribution in [0.1, 0.15) is 27.2 Å². The zero-order valence-electron chi connectivity index (χ0n) is 29.3. The standard InChI is InChI=1S/C37H43N4O9PS/c1-25-38-21-32(52-25)36(45)41-31(23-49-4)35(44)40-30(22-48-3)34(43)39-29(20-26-14-8-5-9-15-26)33(42)37(2,46)24-50-51(47,27-16-10-6-11-17-27)28-18-12-7-13-19-28/h5-19,21,29-31,46H,20,22-24H2,1-4H3,(H,39,43)(H,40,44)(H,41,45)/t29-,30-,31-,37+/m0/s1. The Labute approximate surface area is 306 Å². The summed E-state index contributed by atoms with van der Waals surface area (Å²) in [6.45, 7) is 1.82. The van der Waals surface area contributed by atoms with Crippen LogP contribution >= 0.6 is 18.7 Å². The average Bonchev–Trinajstić information content (AvgIpc) is 3.60. The number of aryl methyl sites for hydroxylation is 1. The monoisotopic (exact) mass is 750 g/mol. The van der Waals surface area contributed by atoms with Crippen molar-refractivity contribution < 1.29 is 42.8 Å². The second-order valence-electron chi connectivity index (χ2n) is 12.1. The van der Waals surface area contributed by atoms with Gasteiger partial charge in [-0.15, -0.1) is 11.3 Å². The third-order valence-corrected chi connectivity index (χ3v) is 11.3. The smallest absolute Gasteiger partial charge is 0.263 e. The van der Waals surface area contributed by atoms with Crippen LogP contribution < -0.4 is 26.6 Å². The summed E-state index contributed by atoms with van der Waals surface area (Å²) in [4.78, 5) is 58.4. The van der Waals surface area contributed by atoms with E-state index in [1.165, 1.54) is 27.3 Å². The maximum Gasteiger partial charge on any atom is 0.263 e. The summed E-state index contributed by atoms with van der Waals surface area (Å²) in [5.41, 5.74) is -1.56. The number of rotatable bonds is 19. The molecule has 0 unspecified atom stereocenters. The summed E-state index contributed by atoms with van der Waals surface area (Å²) >= 11 is 1.15. The van der Waals surface area contributed by atoms with Gasteiger partial charge in [-0.3, -0.25) is 23.7 Å². The number of carbonyl (C=O) groups excluding carboxylic acids is 4. The van der Waals surface area contributed by atoms with E-state index in [2.05, 4.69) is 20.9 Å². The number of hydrogen-bond donors (Lipinski definition) is 4. The van der Waals surface area contributed by atoms with Crippen molar-refractivity contribution in [1.82, 2.24) is 20.9 Å². The number of ether oxygens (including phenoxy) is 2. The molecule has 276 valence electrons. The van der Waals surface area contributed by atoms with E-state index in [1.807, 2.05) is 0 Å². The summed E-state index contributed by atoms with van der Waals surface area (Å²) < 4.78 is 30.8. The number of nitrogens with one attached hydrogen (secondary N) is 3. The zero-order chi connectivity index (χ0) is 37.7. The van der Waals surface area contributed by atoms with Gasteiger partial charge in [0.25, 0.3) is 13.3 Å². The van der Waals surface area contributed by atoms with Gasteiger partial charge in [-0.2, -0.15) is 0 Å². The van der Waals surface area contributed by atoms with Gasteiger partial charge in [0.15, 0.2) is 5.78 Å². The molecule has 1 heterocycles. The van der Waals surface area contributed by atoms with Crippen LogP contribution in [0.4, 0.5) is 0 Å². The first-order valence-electron chi connectivity index (χ1n) is 16.4. The average molecular weight is 751 g/mol. The van der Waals surface area contributed by atoms with Crippen LogP contribution in [0.5, 0.6) is 0 Å². The van der Waals surface area contributed by atoms with Gasteiger partial charge in [0, 0.05) is 24.8 Å². The van der Waals surface area contributed by atoms with Gasteiger partial charge in [0.1, 0.15) is 22.6 Å². The fourth-order valence-corrected chi connectivity index (χ4v) is 8.05. The second-order valence-corrected chi connectivity index (χ2v) is 15.8. The highest BCUT2D eigenvalue weighted by Gasteiger charge is 2.41. The van der Waals surface area contributed by atoms with E-state index in [0.717, 1.165) is 11.3 Å². The molecule has 13 nitrogen and oxygen atoms in total. The number of aliphatic hydroxyl groups is 1. The predicted molar refractivity (Wildman–Crippen MR) is 197 cm³/mol. The van der Waals surface area contributed by atoms with Gasteiger partial charge in [-0.1, -0.05) is 66.7 Å². The zero-order valence-corrected chi connectivity index (χ0v) is 31.0. The Balaban J connectivity index is 1.54. The van der Waals surface area contributed by atoms with Crippen LogP contribution in [0.2, 0.25) is 0 Å². The van der Waals surface area contributed by atoms with Crippen molar-refractivity contribution in [3.05, 3.63) is 113 Å². The SMILES string of the molecule is COC[C@H](NC(=O)c1cnc(C)s1)C(=O)N[C@@H](COC)C(=O)N[C@@H](Cc1ccccc1)C(=O)[C@](C)(O)COP(=O)(c1ccccc1)c1ccccc1. The molecule has 15 heteroatoms. The van der Waals surface area contributed by atoms with E-state index >= 15 is 0 Å². The molecule has 3 aromatic carbocycles. The number of amides is 3. The lowest BCUT2D eigenvalue weighted by Gasteiger charge is -2.31. The van der Waals surface area contributed by atoms with Crippen molar-refractivity contribution >= 4 is 52.8 Å². The van der Waals surface area contributed by atoms with Crippen LogP contribution in [0.15, 0.2) is 97.2 Å². The highest BCUT2D eigenvalue weighted by atomic mass is 32.1. The van der Waals surface area contributed by atoms with Crippen LogP contribution in [0.3, 0.4) is 0 Å². The van der Waals surface area contributed by atoms with E-state index in [9.17, 15) is 28.8 Å². The van der Waals surface area contributed by atoms with Gasteiger partial charge in [-0.05, 0) is 50.1 Å². The Bertz CT molecular complexity index is 1800. The van der Waals surface area contributed by atoms with Crippen molar-refractivity contribution in [1.29, 1.82) is 0 Å². The van der Waals surface area contributed by atoms with Gasteiger partial charge < -0.3 is 35.1 Å². The fourth-order valence-electron chi connectivity index (χ4n) is 5.21. The fraction of sp³-hybridized carbons (Fsp3) is 0.324. The number of aromatic nitrogens is 1. The van der Waals surface area contributed by atoms with Crippen molar-refractivity contribution in [2.75, 3.05) is 34.0 Å². The highest BCUT2D eigenvalue weighted by Crippen LogP contribution is 2.45. The molecule has 0 saturated heterocycles. The molecule has 4 aromatic rings. The van der Waals surface area contributed by atoms with Gasteiger partial charge >= 0.3 is 0 Å². The first kappa shape index (κ1) is 40.2. The third-order valence-electron chi connectivity index (χ3n) is 7.93. The molecule has 4 atom stereocenters. The Morgan fingerprint density at radius 2 is 1.27 bits per heavy atom. The Hall–Kier alpha value is -4.56. The number of carbonyl (C=O) groups is 4. The number of methoxy groups -OCH3 is 2. The Morgan fingerprint density at radius 3 is 1.75 bits per heavy atom. The lowest BCUT2D eigenvalue weighted by molar-refractivity contribution is -0.143. The lowest BCUT2D eigenvalue weighted by atomic mass is 9.91. The molecule has 0 aliphatic carbocycles. The van der Waals surface area contributed by atoms with Gasteiger partial charge in [0.05, 0.1) is 37.1 Å². The number of thiazole rings is 1. The van der Waals surface area contributed by atoms with Crippen LogP contribution in [-0.4, -0.2) is 91.4 Å². The minimum Gasteiger partial charge on any atom is -0.382 e. The lowest BCUT2D eigenvalue weighted by Crippen LogP contribution is -2.60. The van der Waals surface area contributed by atoms with E-state index in [4.69, 9.17) is 14.0 Å². The number of benzene rings is 3. The summed E-state index contributed by atoms with van der Waals surface area (Å²) in [5.74, 6) is -2.89. The van der Waals surface area contributed by atoms with Crippen LogP contribution in [0, 0.1) is 6.92 Å². The largest absolute Gasteiger partial charge is 0.382 e. The molecule has 52 heavy (non-hydrogen) atoms. The molecule has 0 radical (unpaired) electrons. The van der Waals surface area contributed by atoms with E-state index < -0.39 is 61.2 Å². The third kappa shape index (κ3) is 10.7. The molecular formula is C37H43N4O9PS. The molecule has 1 aromatic heterocycles. The Kier molecular flexibility index (Phi) is 14.5. The van der Waals surface area contributed by atoms with Crippen LogP contribution in [-0.2, 0) is 39.4 Å². The molecule has 0 aliphatic heterocycles. The molecule has 0 bridgehead atoms. The first-order chi connectivity index (χ1) is 24.9. The number of ketones is 1. The van der Waals surface area contributed by atoms with Crippen molar-refractivity contribution in [3.8, 4) is 0 Å². The van der Waals surface area contributed by atoms with Crippen molar-refractivity contribution in [2.45, 2.75) is 44.0 Å². The topological polar surface area (TPSA) is 182 Å². The Morgan fingerprint density at radius 1 is 0.788 bits per heavy atom. The first-order valence-corrected chi connectivity index (χ1v) is 18.8. The summed E-state index contributed by atoms with van der Waals surface area (Å²) in [7, 11) is -1.09. The normalized spacial score (nSPS) is 14.3. The minimum absolute atomic E-state index is 0.0269. The minimum atomic E-state index is -3.78. The predicted octanol–water partition coefficient (Wildman–Crippen LogP) is 2.32. The number of hydrogen-bond acceptors (Lipinski definition) is 11.